The van der Waals surface area contributed by atoms with Gasteiger partial charge in [0.15, 0.2) is 8.24 Å². The fourth-order valence-corrected chi connectivity index (χ4v) is 11.1. The van der Waals surface area contributed by atoms with Gasteiger partial charge < -0.3 is 4.57 Å². The lowest BCUT2D eigenvalue weighted by atomic mass is 10.3. The lowest BCUT2D eigenvalue weighted by molar-refractivity contribution is -0.126. The quantitative estimate of drug-likeness (QED) is 0.586. The van der Waals surface area contributed by atoms with Crippen molar-refractivity contribution in [2.24, 2.45) is 0 Å². The maximum Gasteiger partial charge on any atom is 0.319 e. The van der Waals surface area contributed by atoms with Crippen LogP contribution in [0, 0.1) is 0 Å². The number of carbonyl (C=O) groups is 2. The van der Waals surface area contributed by atoms with Crippen molar-refractivity contribution in [3.05, 3.63) is 0 Å². The first-order valence-electron chi connectivity index (χ1n) is 7.20. The van der Waals surface area contributed by atoms with Crippen LogP contribution in [0.5, 0.6) is 0 Å². The molecule has 110 valence electrons. The summed E-state index contributed by atoms with van der Waals surface area (Å²) < 4.78 is 1.97. The average molecular weight is 284 g/mol. The van der Waals surface area contributed by atoms with Gasteiger partial charge in [-0.05, 0) is 23.5 Å². The minimum Gasteiger partial charge on any atom is -0.339 e. The molecule has 0 saturated carbocycles. The smallest absolute Gasteiger partial charge is 0.319 e. The molecule has 4 nitrogen and oxygen atoms in total. The van der Waals surface area contributed by atoms with Gasteiger partial charge in [-0.2, -0.15) is 0 Å². The van der Waals surface area contributed by atoms with E-state index in [1.807, 2.05) is 11.5 Å². The van der Waals surface area contributed by atoms with Crippen molar-refractivity contribution in [2.45, 2.75) is 71.1 Å². The molecular formula is C14H28N2O2Si. The second-order valence-corrected chi connectivity index (χ2v) is 12.3. The summed E-state index contributed by atoms with van der Waals surface area (Å²) in [6, 6.07) is -0.406. The van der Waals surface area contributed by atoms with Crippen LogP contribution in [0.4, 0.5) is 4.79 Å². The summed E-state index contributed by atoms with van der Waals surface area (Å²) in [6.07, 6.45) is 0. The Balaban J connectivity index is 3.42. The Labute approximate surface area is 118 Å². The van der Waals surface area contributed by atoms with Gasteiger partial charge in [-0.15, -0.1) is 0 Å². The highest BCUT2D eigenvalue weighted by Crippen LogP contribution is 2.46. The average Bonchev–Trinajstić information content (AvgIpc) is 2.46. The third kappa shape index (κ3) is 2.12. The summed E-state index contributed by atoms with van der Waals surface area (Å²) in [5.41, 5.74) is 1.29. The molecule has 1 saturated heterocycles. The fourth-order valence-electron chi connectivity index (χ4n) is 4.15. The van der Waals surface area contributed by atoms with Crippen molar-refractivity contribution >= 4 is 20.2 Å². The van der Waals surface area contributed by atoms with Crippen molar-refractivity contribution in [3.63, 3.8) is 0 Å². The van der Waals surface area contributed by atoms with Gasteiger partial charge in [-0.3, -0.25) is 9.69 Å². The highest BCUT2D eigenvalue weighted by atomic mass is 28.3. The highest BCUT2D eigenvalue weighted by molar-refractivity contribution is 6.83. The number of urea groups is 1. The third-order valence-electron chi connectivity index (χ3n) is 4.76. The van der Waals surface area contributed by atoms with Gasteiger partial charge in [0.05, 0.1) is 0 Å². The number of likely N-dealkylation sites (N-methyl/N-ethyl adjacent to an activating group) is 1. The van der Waals surface area contributed by atoms with Gasteiger partial charge in [0.25, 0.3) is 5.91 Å². The van der Waals surface area contributed by atoms with E-state index in [4.69, 9.17) is 0 Å². The van der Waals surface area contributed by atoms with E-state index in [0.29, 0.717) is 16.6 Å². The normalized spacial score (nSPS) is 21.5. The summed E-state index contributed by atoms with van der Waals surface area (Å²) in [5, 5.41) is 0. The number of amides is 3. The van der Waals surface area contributed by atoms with Crippen LogP contribution in [-0.2, 0) is 4.79 Å². The maximum absolute atomic E-state index is 12.6. The molecule has 0 N–H and O–H groups in total. The van der Waals surface area contributed by atoms with Crippen molar-refractivity contribution in [3.8, 4) is 0 Å². The van der Waals surface area contributed by atoms with E-state index in [-0.39, 0.29) is 18.0 Å². The van der Waals surface area contributed by atoms with Crippen molar-refractivity contribution in [1.82, 2.24) is 9.47 Å². The number of rotatable bonds is 4. The molecule has 0 aliphatic carbocycles. The van der Waals surface area contributed by atoms with Crippen molar-refractivity contribution in [2.75, 3.05) is 7.05 Å². The van der Waals surface area contributed by atoms with Gasteiger partial charge in [0.2, 0.25) is 0 Å². The molecule has 1 fully saturated rings. The molecule has 0 aromatic heterocycles. The first kappa shape index (κ1) is 16.2. The Hall–Kier alpha value is -0.843. The summed E-state index contributed by atoms with van der Waals surface area (Å²) in [5.74, 6) is -0.0659. The molecule has 0 aromatic carbocycles. The number of hydrogen-bond donors (Lipinski definition) is 0. The zero-order valence-corrected chi connectivity index (χ0v) is 14.5. The number of imide groups is 1. The minimum atomic E-state index is -2.08. The first-order valence-corrected chi connectivity index (χ1v) is 9.38. The second kappa shape index (κ2) is 5.27. The van der Waals surface area contributed by atoms with E-state index in [9.17, 15) is 9.59 Å². The zero-order valence-electron chi connectivity index (χ0n) is 13.5. The molecule has 1 atom stereocenters. The number of carbonyl (C=O) groups excluding carboxylic acids is 2. The van der Waals surface area contributed by atoms with Gasteiger partial charge in [-0.25, -0.2) is 4.79 Å². The highest BCUT2D eigenvalue weighted by Gasteiger charge is 2.57. The monoisotopic (exact) mass is 284 g/mol. The molecule has 1 aliphatic rings. The molecule has 0 aromatic rings. The molecule has 19 heavy (non-hydrogen) atoms. The molecule has 1 unspecified atom stereocenters. The second-order valence-electron chi connectivity index (χ2n) is 6.58. The molecular weight excluding hydrogens is 256 g/mol. The largest absolute Gasteiger partial charge is 0.339 e. The van der Waals surface area contributed by atoms with E-state index in [2.05, 4.69) is 41.5 Å². The maximum atomic E-state index is 12.6. The summed E-state index contributed by atoms with van der Waals surface area (Å²) in [4.78, 5) is 26.0. The van der Waals surface area contributed by atoms with Gasteiger partial charge in [-0.1, -0.05) is 41.5 Å². The predicted molar refractivity (Wildman–Crippen MR) is 80.5 cm³/mol. The zero-order chi connectivity index (χ0) is 15.1. The Morgan fingerprint density at radius 3 is 1.53 bits per heavy atom. The molecule has 0 bridgehead atoms. The van der Waals surface area contributed by atoms with Crippen LogP contribution in [0.15, 0.2) is 0 Å². The van der Waals surface area contributed by atoms with Crippen LogP contribution in [0.3, 0.4) is 0 Å². The summed E-state index contributed by atoms with van der Waals surface area (Å²) in [6.45, 7) is 15.1. The predicted octanol–water partition coefficient (Wildman–Crippen LogP) is 3.44. The van der Waals surface area contributed by atoms with Gasteiger partial charge in [0, 0.05) is 7.05 Å². The Bertz CT molecular complexity index is 358. The number of nitrogens with zero attached hydrogens (tertiary/aromatic N) is 2. The van der Waals surface area contributed by atoms with E-state index in [0.717, 1.165) is 0 Å². The topological polar surface area (TPSA) is 40.6 Å². The molecule has 5 heteroatoms. The molecule has 0 radical (unpaired) electrons. The molecule has 3 amide bonds. The van der Waals surface area contributed by atoms with Gasteiger partial charge >= 0.3 is 6.03 Å². The molecule has 1 rings (SSSR count). The van der Waals surface area contributed by atoms with Crippen LogP contribution < -0.4 is 0 Å². The van der Waals surface area contributed by atoms with Crippen LogP contribution in [0.25, 0.3) is 0 Å². The lowest BCUT2D eigenvalue weighted by Gasteiger charge is -2.50. The van der Waals surface area contributed by atoms with E-state index in [1.54, 1.807) is 7.05 Å². The third-order valence-corrected chi connectivity index (χ3v) is 11.7. The standard InChI is InChI=1S/C14H28N2O2Si/c1-9(2)19(10(3)4,11(5)6)16-12(7)13(17)15(8)14(16)18/h9-12H,1-8H3. The molecule has 1 aliphatic heterocycles. The molecule has 0 spiro atoms. The summed E-state index contributed by atoms with van der Waals surface area (Å²) in [7, 11) is -0.484. The van der Waals surface area contributed by atoms with Crippen molar-refractivity contribution < 1.29 is 9.59 Å². The Morgan fingerprint density at radius 1 is 0.947 bits per heavy atom. The fraction of sp³-hybridized carbons (Fsp3) is 0.857. The lowest BCUT2D eigenvalue weighted by Crippen LogP contribution is -2.63. The Kier molecular flexibility index (Phi) is 4.50. The van der Waals surface area contributed by atoms with E-state index >= 15 is 0 Å². The van der Waals surface area contributed by atoms with Gasteiger partial charge in [0.1, 0.15) is 6.04 Å². The number of hydrogen-bond acceptors (Lipinski definition) is 2. The minimum absolute atomic E-state index is 0.0659. The van der Waals surface area contributed by atoms with Crippen LogP contribution in [-0.4, -0.2) is 42.7 Å². The van der Waals surface area contributed by atoms with Crippen molar-refractivity contribution in [1.29, 1.82) is 0 Å². The van der Waals surface area contributed by atoms with E-state index in [1.165, 1.54) is 4.90 Å². The summed E-state index contributed by atoms with van der Waals surface area (Å²) >= 11 is 0. The van der Waals surface area contributed by atoms with Crippen LogP contribution >= 0.6 is 0 Å². The first-order chi connectivity index (χ1) is 8.59. The van der Waals surface area contributed by atoms with Crippen LogP contribution in [0.1, 0.15) is 48.5 Å². The van der Waals surface area contributed by atoms with E-state index < -0.39 is 8.24 Å². The van der Waals surface area contributed by atoms with Crippen LogP contribution in [0.2, 0.25) is 16.6 Å². The molecule has 1 heterocycles. The Morgan fingerprint density at radius 2 is 1.32 bits per heavy atom. The SMILES string of the molecule is CC1C(=O)N(C)C(=O)N1[Si](C(C)C)(C(C)C)C(C)C.